The molecule has 1 N–H and O–H groups in total. The van der Waals surface area contributed by atoms with Crippen LogP contribution in [-0.2, 0) is 6.54 Å². The fraction of sp³-hybridized carbons (Fsp3) is 0.526. The first kappa shape index (κ1) is 18.9. The van der Waals surface area contributed by atoms with E-state index in [1.165, 1.54) is 0 Å². The lowest BCUT2D eigenvalue weighted by molar-refractivity contribution is -0.204. The Morgan fingerprint density at radius 1 is 1.22 bits per heavy atom. The number of nitrogens with zero attached hydrogens (tertiary/aromatic N) is 3. The van der Waals surface area contributed by atoms with E-state index < -0.39 is 12.6 Å². The number of hydrogen-bond donors (Lipinski definition) is 1. The van der Waals surface area contributed by atoms with Crippen LogP contribution < -0.4 is 0 Å². The molecule has 2 saturated heterocycles. The van der Waals surface area contributed by atoms with Crippen LogP contribution in [0.3, 0.4) is 0 Å². The van der Waals surface area contributed by atoms with E-state index in [1.807, 2.05) is 40.6 Å². The van der Waals surface area contributed by atoms with Crippen LogP contribution in [0.1, 0.15) is 22.9 Å². The molecule has 4 rings (SSSR count). The number of hydrogen-bond acceptors (Lipinski definition) is 5. The third kappa shape index (κ3) is 3.51. The molecule has 0 saturated carbocycles. The summed E-state index contributed by atoms with van der Waals surface area (Å²) in [6.45, 7) is 1.85. The zero-order valence-electron chi connectivity index (χ0n) is 14.8. The highest BCUT2D eigenvalue weighted by Crippen LogP contribution is 2.54. The largest absolute Gasteiger partial charge is 0.395 e. The zero-order chi connectivity index (χ0) is 19.1. The average molecular weight is 397 g/mol. The highest BCUT2D eigenvalue weighted by atomic mass is 32.1. The van der Waals surface area contributed by atoms with Crippen LogP contribution in [0.15, 0.2) is 41.9 Å². The summed E-state index contributed by atoms with van der Waals surface area (Å²) in [5.74, 6) is 0.116. The number of aliphatic hydroxyl groups is 1. The Morgan fingerprint density at radius 2 is 1.96 bits per heavy atom. The third-order valence-electron chi connectivity index (χ3n) is 5.78. The molecule has 8 heteroatoms. The van der Waals surface area contributed by atoms with E-state index in [0.717, 1.165) is 10.6 Å². The number of alkyl halides is 3. The van der Waals surface area contributed by atoms with Gasteiger partial charge in [0.2, 0.25) is 0 Å². The van der Waals surface area contributed by atoms with Crippen molar-refractivity contribution >= 4 is 11.3 Å². The van der Waals surface area contributed by atoms with Gasteiger partial charge in [-0.3, -0.25) is 9.80 Å². The number of halogens is 3. The molecule has 1 aromatic heterocycles. The van der Waals surface area contributed by atoms with Crippen molar-refractivity contribution in [3.05, 3.63) is 52.5 Å². The Hall–Kier alpha value is -1.48. The molecule has 4 nitrogen and oxygen atoms in total. The van der Waals surface area contributed by atoms with E-state index in [-0.39, 0.29) is 30.7 Å². The van der Waals surface area contributed by atoms with Gasteiger partial charge in [0.15, 0.2) is 0 Å². The molecular formula is C19H22F3N3OS. The molecular weight excluding hydrogens is 375 g/mol. The molecule has 2 aliphatic heterocycles. The van der Waals surface area contributed by atoms with Gasteiger partial charge in [0.05, 0.1) is 25.1 Å². The summed E-state index contributed by atoms with van der Waals surface area (Å²) in [7, 11) is 0. The molecule has 146 valence electrons. The second kappa shape index (κ2) is 7.16. The van der Waals surface area contributed by atoms with E-state index in [1.54, 1.807) is 17.5 Å². The van der Waals surface area contributed by atoms with Crippen molar-refractivity contribution in [2.45, 2.75) is 36.6 Å². The van der Waals surface area contributed by atoms with Gasteiger partial charge >= 0.3 is 6.18 Å². The first-order valence-corrected chi connectivity index (χ1v) is 9.91. The maximum absolute atomic E-state index is 12.6. The number of aliphatic hydroxyl groups excluding tert-OH is 1. The fourth-order valence-corrected chi connectivity index (χ4v) is 5.28. The van der Waals surface area contributed by atoms with Crippen LogP contribution in [0, 0.1) is 0 Å². The second-order valence-corrected chi connectivity index (χ2v) is 8.35. The summed E-state index contributed by atoms with van der Waals surface area (Å²) < 4.78 is 37.7. The lowest BCUT2D eigenvalue weighted by Gasteiger charge is -2.71. The summed E-state index contributed by atoms with van der Waals surface area (Å²) in [6.07, 6.45) is -3.16. The number of rotatable bonds is 6. The van der Waals surface area contributed by atoms with Gasteiger partial charge in [-0.15, -0.1) is 11.3 Å². The Morgan fingerprint density at radius 3 is 2.56 bits per heavy atom. The van der Waals surface area contributed by atoms with Gasteiger partial charge in [-0.25, -0.2) is 4.98 Å². The van der Waals surface area contributed by atoms with E-state index >= 15 is 0 Å². The maximum Gasteiger partial charge on any atom is 0.390 e. The Labute approximate surface area is 160 Å². The number of likely N-dealkylation sites (tertiary alicyclic amines) is 2. The predicted octanol–water partition coefficient (Wildman–Crippen LogP) is 3.11. The summed E-state index contributed by atoms with van der Waals surface area (Å²) in [4.78, 5) is 8.46. The van der Waals surface area contributed by atoms with E-state index in [4.69, 9.17) is 0 Å². The highest BCUT2D eigenvalue weighted by Gasteiger charge is 2.65. The summed E-state index contributed by atoms with van der Waals surface area (Å²) >= 11 is 1.56. The van der Waals surface area contributed by atoms with Crippen molar-refractivity contribution in [1.82, 2.24) is 14.8 Å². The number of aromatic nitrogens is 1. The zero-order valence-corrected chi connectivity index (χ0v) is 15.6. The first-order chi connectivity index (χ1) is 12.9. The molecule has 0 aliphatic carbocycles. The third-order valence-corrected chi connectivity index (χ3v) is 6.54. The monoisotopic (exact) mass is 397 g/mol. The van der Waals surface area contributed by atoms with Gasteiger partial charge in [0, 0.05) is 43.2 Å². The molecule has 0 unspecified atom stereocenters. The van der Waals surface area contributed by atoms with E-state index in [2.05, 4.69) is 9.88 Å². The second-order valence-electron chi connectivity index (χ2n) is 7.37. The normalized spacial score (nSPS) is 25.3. The molecule has 27 heavy (non-hydrogen) atoms. The van der Waals surface area contributed by atoms with Crippen molar-refractivity contribution in [2.75, 3.05) is 26.2 Å². The minimum Gasteiger partial charge on any atom is -0.395 e. The van der Waals surface area contributed by atoms with E-state index in [0.29, 0.717) is 19.6 Å². The first-order valence-electron chi connectivity index (χ1n) is 9.03. The van der Waals surface area contributed by atoms with Crippen LogP contribution in [0.25, 0.3) is 0 Å². The lowest BCUT2D eigenvalue weighted by Crippen LogP contribution is -2.84. The standard InChI is InChI=1S/C19H22F3N3OS/c20-19(21,22)6-8-24-12-18(13-24)17(14-4-2-1-3-5-14)15(11-26)25(18)10-16-23-7-9-27-16/h1-5,7,9,15,17,26H,6,8,10-13H2/t15-,17+/m1/s1. The van der Waals surface area contributed by atoms with Crippen molar-refractivity contribution in [2.24, 2.45) is 0 Å². The van der Waals surface area contributed by atoms with Crippen molar-refractivity contribution in [1.29, 1.82) is 0 Å². The van der Waals surface area contributed by atoms with Gasteiger partial charge < -0.3 is 5.11 Å². The van der Waals surface area contributed by atoms with Gasteiger partial charge in [0.1, 0.15) is 5.01 Å². The molecule has 0 amide bonds. The van der Waals surface area contributed by atoms with Crippen molar-refractivity contribution in [3.8, 4) is 0 Å². The predicted molar refractivity (Wildman–Crippen MR) is 97.6 cm³/mol. The molecule has 1 aromatic carbocycles. The van der Waals surface area contributed by atoms with E-state index in [9.17, 15) is 18.3 Å². The molecule has 0 bridgehead atoms. The molecule has 2 aliphatic rings. The Kier molecular flexibility index (Phi) is 5.00. The molecule has 0 radical (unpaired) electrons. The maximum atomic E-state index is 12.6. The van der Waals surface area contributed by atoms with Gasteiger partial charge in [-0.2, -0.15) is 13.2 Å². The van der Waals surface area contributed by atoms with Crippen LogP contribution in [-0.4, -0.2) is 63.9 Å². The number of benzene rings is 1. The molecule has 2 fully saturated rings. The minimum absolute atomic E-state index is 0.0231. The SMILES string of the molecule is OC[C@@H]1[C@H](c2ccccc2)C2(CN(CCC(F)(F)F)C2)N1Cc1nccs1. The topological polar surface area (TPSA) is 39.6 Å². The van der Waals surface area contributed by atoms with Gasteiger partial charge in [-0.1, -0.05) is 30.3 Å². The summed E-state index contributed by atoms with van der Waals surface area (Å²) in [5.41, 5.74) is 0.911. The fourth-order valence-electron chi connectivity index (χ4n) is 4.66. The van der Waals surface area contributed by atoms with Crippen LogP contribution >= 0.6 is 11.3 Å². The summed E-state index contributed by atoms with van der Waals surface area (Å²) in [6, 6.07) is 9.96. The summed E-state index contributed by atoms with van der Waals surface area (Å²) in [5, 5.41) is 12.9. The van der Waals surface area contributed by atoms with Crippen LogP contribution in [0.5, 0.6) is 0 Å². The van der Waals surface area contributed by atoms with Gasteiger partial charge in [0.25, 0.3) is 0 Å². The van der Waals surface area contributed by atoms with Crippen LogP contribution in [0.2, 0.25) is 0 Å². The highest BCUT2D eigenvalue weighted by molar-refractivity contribution is 7.09. The Bertz CT molecular complexity index is 747. The molecule has 1 spiro atoms. The van der Waals surface area contributed by atoms with Gasteiger partial charge in [-0.05, 0) is 5.56 Å². The lowest BCUT2D eigenvalue weighted by atomic mass is 9.60. The molecule has 3 heterocycles. The Balaban J connectivity index is 1.54. The minimum atomic E-state index is -4.13. The van der Waals surface area contributed by atoms with Crippen LogP contribution in [0.4, 0.5) is 13.2 Å². The quantitative estimate of drug-likeness (QED) is 0.813. The molecule has 2 atom stereocenters. The molecule has 2 aromatic rings. The van der Waals surface area contributed by atoms with Crippen molar-refractivity contribution < 1.29 is 18.3 Å². The average Bonchev–Trinajstić information content (AvgIpc) is 3.10. The smallest absolute Gasteiger partial charge is 0.390 e. The number of thiazole rings is 1. The van der Waals surface area contributed by atoms with Crippen molar-refractivity contribution in [3.63, 3.8) is 0 Å².